The molecule has 0 atom stereocenters. The van der Waals surface area contributed by atoms with Crippen molar-refractivity contribution >= 4 is 21.5 Å². The largest absolute Gasteiger partial charge is 0.497 e. The second-order valence-electron chi connectivity index (χ2n) is 6.93. The third-order valence-electron chi connectivity index (χ3n) is 5.14. The Morgan fingerprint density at radius 3 is 2.43 bits per heavy atom. The Bertz CT molecular complexity index is 894. The maximum absolute atomic E-state index is 12.8. The summed E-state index contributed by atoms with van der Waals surface area (Å²) < 4.78 is 38.5. The average molecular weight is 406 g/mol. The minimum absolute atomic E-state index is 0.0118. The fraction of sp³-hybridized carbons (Fsp3) is 0.450. The first-order valence-corrected chi connectivity index (χ1v) is 10.9. The lowest BCUT2D eigenvalue weighted by molar-refractivity contribution is 0.392. The zero-order valence-electron chi connectivity index (χ0n) is 16.5. The van der Waals surface area contributed by atoms with E-state index in [0.29, 0.717) is 17.5 Å². The van der Waals surface area contributed by atoms with E-state index in [9.17, 15) is 8.42 Å². The van der Waals surface area contributed by atoms with Crippen molar-refractivity contribution in [1.29, 1.82) is 0 Å². The lowest BCUT2D eigenvalue weighted by Gasteiger charge is -2.32. The van der Waals surface area contributed by atoms with E-state index in [0.717, 1.165) is 5.82 Å². The summed E-state index contributed by atoms with van der Waals surface area (Å²) in [6, 6.07) is 8.70. The van der Waals surface area contributed by atoms with Gasteiger partial charge in [0, 0.05) is 19.2 Å². The first-order chi connectivity index (χ1) is 13.4. The number of hydrogen-bond donors (Lipinski definition) is 1. The molecule has 3 rings (SSSR count). The highest BCUT2D eigenvalue weighted by molar-refractivity contribution is 7.92. The number of nitrogens with one attached hydrogen (secondary N) is 1. The Morgan fingerprint density at radius 2 is 1.82 bits per heavy atom. The van der Waals surface area contributed by atoms with E-state index >= 15 is 0 Å². The zero-order valence-corrected chi connectivity index (χ0v) is 17.3. The highest BCUT2D eigenvalue weighted by atomic mass is 32.2. The van der Waals surface area contributed by atoms with E-state index in [1.807, 2.05) is 13.1 Å². The number of rotatable bonds is 7. The van der Waals surface area contributed by atoms with Gasteiger partial charge in [-0.1, -0.05) is 19.3 Å². The molecule has 1 aromatic heterocycles. The van der Waals surface area contributed by atoms with Crippen molar-refractivity contribution in [2.75, 3.05) is 30.9 Å². The number of ether oxygens (including phenoxy) is 2. The normalized spacial score (nSPS) is 15.1. The average Bonchev–Trinajstić information content (AvgIpc) is 2.73. The molecule has 0 amide bonds. The molecule has 1 heterocycles. The molecule has 1 aromatic carbocycles. The van der Waals surface area contributed by atoms with Crippen molar-refractivity contribution < 1.29 is 17.9 Å². The van der Waals surface area contributed by atoms with Crippen LogP contribution in [0.3, 0.4) is 0 Å². The van der Waals surface area contributed by atoms with Gasteiger partial charge in [0.1, 0.15) is 22.2 Å². The van der Waals surface area contributed by atoms with Crippen LogP contribution in [0.2, 0.25) is 0 Å². The van der Waals surface area contributed by atoms with Crippen LogP contribution in [0.5, 0.6) is 11.5 Å². The SMILES string of the molecule is COc1ccc(OC)c(S(=O)(=O)Nc2ccc(N(C)C3CCCCC3)nc2)c1. The van der Waals surface area contributed by atoms with E-state index < -0.39 is 10.0 Å². The molecule has 1 aliphatic rings. The van der Waals surface area contributed by atoms with Crippen LogP contribution >= 0.6 is 0 Å². The standard InChI is InChI=1S/C20H27N3O4S/c1-23(16-7-5-4-6-8-16)20-12-9-15(14-21-20)22-28(24,25)19-13-17(26-2)10-11-18(19)27-3/h9-14,16,22H,4-8H2,1-3H3. The third kappa shape index (κ3) is 4.49. The number of methoxy groups -OCH3 is 2. The number of sulfonamides is 1. The summed E-state index contributed by atoms with van der Waals surface area (Å²) in [5.41, 5.74) is 0.394. The molecule has 0 aliphatic heterocycles. The second kappa shape index (κ2) is 8.68. The molecule has 0 unspecified atom stereocenters. The predicted octanol–water partition coefficient (Wildman–Crippen LogP) is 3.67. The van der Waals surface area contributed by atoms with E-state index in [4.69, 9.17) is 9.47 Å². The van der Waals surface area contributed by atoms with Crippen LogP contribution in [0, 0.1) is 0 Å². The van der Waals surface area contributed by atoms with Gasteiger partial charge in [0.05, 0.1) is 26.1 Å². The minimum atomic E-state index is -3.85. The zero-order chi connectivity index (χ0) is 20.1. The molecule has 1 saturated carbocycles. The molecule has 0 bridgehead atoms. The van der Waals surface area contributed by atoms with Crippen LogP contribution in [0.1, 0.15) is 32.1 Å². The highest BCUT2D eigenvalue weighted by Crippen LogP contribution is 2.30. The first-order valence-electron chi connectivity index (χ1n) is 9.38. The number of aromatic nitrogens is 1. The molecule has 0 spiro atoms. The molecule has 2 aromatic rings. The van der Waals surface area contributed by atoms with Gasteiger partial charge in [-0.05, 0) is 37.1 Å². The monoisotopic (exact) mass is 405 g/mol. The molecule has 152 valence electrons. The van der Waals surface area contributed by atoms with Crippen molar-refractivity contribution in [3.05, 3.63) is 36.5 Å². The Kier molecular flexibility index (Phi) is 6.28. The lowest BCUT2D eigenvalue weighted by Crippen LogP contribution is -2.33. The minimum Gasteiger partial charge on any atom is -0.497 e. The topological polar surface area (TPSA) is 80.8 Å². The van der Waals surface area contributed by atoms with Crippen molar-refractivity contribution in [3.63, 3.8) is 0 Å². The fourth-order valence-electron chi connectivity index (χ4n) is 3.51. The number of pyridine rings is 1. The summed E-state index contributed by atoms with van der Waals surface area (Å²) in [4.78, 5) is 6.65. The predicted molar refractivity (Wildman–Crippen MR) is 110 cm³/mol. The Hall–Kier alpha value is -2.48. The molecule has 28 heavy (non-hydrogen) atoms. The van der Waals surface area contributed by atoms with Gasteiger partial charge in [-0.3, -0.25) is 4.72 Å². The highest BCUT2D eigenvalue weighted by Gasteiger charge is 2.22. The van der Waals surface area contributed by atoms with Crippen molar-refractivity contribution in [1.82, 2.24) is 4.98 Å². The van der Waals surface area contributed by atoms with Gasteiger partial charge in [-0.15, -0.1) is 0 Å². The quantitative estimate of drug-likeness (QED) is 0.757. The van der Waals surface area contributed by atoms with Gasteiger partial charge in [0.15, 0.2) is 0 Å². The molecule has 7 nitrogen and oxygen atoms in total. The Morgan fingerprint density at radius 1 is 1.07 bits per heavy atom. The van der Waals surface area contributed by atoms with Crippen molar-refractivity contribution in [3.8, 4) is 11.5 Å². The van der Waals surface area contributed by atoms with Gasteiger partial charge in [0.2, 0.25) is 0 Å². The molecule has 0 radical (unpaired) electrons. The fourth-order valence-corrected chi connectivity index (χ4v) is 4.74. The number of nitrogens with zero attached hydrogens (tertiary/aromatic N) is 2. The maximum Gasteiger partial charge on any atom is 0.265 e. The van der Waals surface area contributed by atoms with Gasteiger partial charge in [-0.25, -0.2) is 13.4 Å². The summed E-state index contributed by atoms with van der Waals surface area (Å²) in [6.07, 6.45) is 7.67. The van der Waals surface area contributed by atoms with E-state index in [1.54, 1.807) is 24.4 Å². The van der Waals surface area contributed by atoms with Crippen LogP contribution in [0.4, 0.5) is 11.5 Å². The molecule has 1 aliphatic carbocycles. The van der Waals surface area contributed by atoms with Crippen LogP contribution in [0.25, 0.3) is 0 Å². The van der Waals surface area contributed by atoms with Crippen LogP contribution in [-0.2, 0) is 10.0 Å². The van der Waals surface area contributed by atoms with E-state index in [-0.39, 0.29) is 10.6 Å². The van der Waals surface area contributed by atoms with E-state index in [1.165, 1.54) is 52.4 Å². The lowest BCUT2D eigenvalue weighted by atomic mass is 9.94. The Balaban J connectivity index is 1.78. The van der Waals surface area contributed by atoms with Crippen molar-refractivity contribution in [2.45, 2.75) is 43.0 Å². The summed E-state index contributed by atoms with van der Waals surface area (Å²) >= 11 is 0. The number of anilines is 2. The van der Waals surface area contributed by atoms with Crippen LogP contribution in [0.15, 0.2) is 41.4 Å². The molecule has 1 fully saturated rings. The van der Waals surface area contributed by atoms with E-state index in [2.05, 4.69) is 14.6 Å². The molecular formula is C20H27N3O4S. The molecular weight excluding hydrogens is 378 g/mol. The third-order valence-corrected chi connectivity index (χ3v) is 6.55. The van der Waals surface area contributed by atoms with Gasteiger partial charge in [-0.2, -0.15) is 0 Å². The summed E-state index contributed by atoms with van der Waals surface area (Å²) in [5.74, 6) is 1.52. The van der Waals surface area contributed by atoms with Gasteiger partial charge < -0.3 is 14.4 Å². The summed E-state index contributed by atoms with van der Waals surface area (Å²) in [5, 5.41) is 0. The van der Waals surface area contributed by atoms with Gasteiger partial charge in [0.25, 0.3) is 10.0 Å². The summed E-state index contributed by atoms with van der Waals surface area (Å²) in [6.45, 7) is 0. The smallest absolute Gasteiger partial charge is 0.265 e. The first kappa shape index (κ1) is 20.3. The Labute approximate surface area is 166 Å². The molecule has 0 saturated heterocycles. The second-order valence-corrected chi connectivity index (χ2v) is 8.58. The maximum atomic E-state index is 12.8. The number of benzene rings is 1. The van der Waals surface area contributed by atoms with Gasteiger partial charge >= 0.3 is 0 Å². The molecule has 1 N–H and O–H groups in total. The number of hydrogen-bond acceptors (Lipinski definition) is 6. The van der Waals surface area contributed by atoms with Crippen LogP contribution < -0.4 is 19.1 Å². The summed E-state index contributed by atoms with van der Waals surface area (Å²) in [7, 11) is 1.11. The van der Waals surface area contributed by atoms with Crippen molar-refractivity contribution in [2.24, 2.45) is 0 Å². The molecule has 8 heteroatoms. The van der Waals surface area contributed by atoms with Crippen LogP contribution in [-0.4, -0.2) is 40.7 Å².